The molecule has 0 radical (unpaired) electrons. The second-order valence-electron chi connectivity index (χ2n) is 4.13. The monoisotopic (exact) mass is 240 g/mol. The summed E-state index contributed by atoms with van der Waals surface area (Å²) in [6.07, 6.45) is 0. The lowest BCUT2D eigenvalue weighted by Crippen LogP contribution is -1.99. The number of H-pyrrole nitrogens is 1. The van der Waals surface area contributed by atoms with Crippen molar-refractivity contribution in [3.8, 4) is 11.3 Å². The predicted octanol–water partition coefficient (Wildman–Crippen LogP) is 1.49. The number of hydrogen-bond donors (Lipinski definition) is 3. The van der Waals surface area contributed by atoms with Gasteiger partial charge in [0.05, 0.1) is 11.1 Å². The van der Waals surface area contributed by atoms with Crippen LogP contribution in [0.2, 0.25) is 0 Å². The molecular formula is C12H12N6. The molecule has 0 bridgehead atoms. The summed E-state index contributed by atoms with van der Waals surface area (Å²) in [5.41, 5.74) is 14.9. The Labute approximate surface area is 103 Å². The van der Waals surface area contributed by atoms with Crippen LogP contribution in [0.5, 0.6) is 0 Å². The molecule has 0 amide bonds. The normalized spacial score (nSPS) is 10.9. The van der Waals surface area contributed by atoms with Crippen LogP contribution >= 0.6 is 0 Å². The van der Waals surface area contributed by atoms with Crippen molar-refractivity contribution in [2.75, 3.05) is 11.5 Å². The van der Waals surface area contributed by atoms with Crippen LogP contribution in [-0.4, -0.2) is 20.2 Å². The Hall–Kier alpha value is -2.63. The molecule has 3 rings (SSSR count). The molecule has 1 aromatic carbocycles. The van der Waals surface area contributed by atoms with Gasteiger partial charge in [-0.05, 0) is 6.92 Å². The Balaban J connectivity index is 2.27. The van der Waals surface area contributed by atoms with Crippen LogP contribution < -0.4 is 11.5 Å². The van der Waals surface area contributed by atoms with Crippen LogP contribution in [-0.2, 0) is 0 Å². The molecule has 0 aliphatic rings. The van der Waals surface area contributed by atoms with E-state index in [1.165, 1.54) is 5.56 Å². The lowest BCUT2D eigenvalue weighted by atomic mass is 10.1. The maximum Gasteiger partial charge on any atom is 0.224 e. The van der Waals surface area contributed by atoms with Crippen molar-refractivity contribution in [1.82, 2.24) is 20.2 Å². The van der Waals surface area contributed by atoms with Crippen LogP contribution in [0, 0.1) is 6.92 Å². The number of fused-ring (bicyclic) bond motifs is 1. The van der Waals surface area contributed by atoms with Gasteiger partial charge in [-0.15, -0.1) is 0 Å². The zero-order valence-corrected chi connectivity index (χ0v) is 9.81. The fraction of sp³-hybridized carbons (Fsp3) is 0.0833. The molecule has 0 spiro atoms. The molecule has 0 aliphatic heterocycles. The zero-order chi connectivity index (χ0) is 12.7. The summed E-state index contributed by atoms with van der Waals surface area (Å²) < 4.78 is 0. The highest BCUT2D eigenvalue weighted by molar-refractivity contribution is 5.98. The summed E-state index contributed by atoms with van der Waals surface area (Å²) in [5, 5.41) is 7.73. The van der Waals surface area contributed by atoms with Gasteiger partial charge in [0.1, 0.15) is 5.82 Å². The number of aromatic amines is 1. The summed E-state index contributed by atoms with van der Waals surface area (Å²) in [4.78, 5) is 8.01. The first kappa shape index (κ1) is 10.5. The molecule has 6 heteroatoms. The van der Waals surface area contributed by atoms with Gasteiger partial charge in [-0.25, -0.2) is 0 Å². The van der Waals surface area contributed by atoms with Gasteiger partial charge in [0.2, 0.25) is 5.95 Å². The van der Waals surface area contributed by atoms with Crippen molar-refractivity contribution in [2.24, 2.45) is 0 Å². The molecule has 6 nitrogen and oxygen atoms in total. The third-order valence-corrected chi connectivity index (χ3v) is 2.80. The summed E-state index contributed by atoms with van der Waals surface area (Å²) >= 11 is 0. The van der Waals surface area contributed by atoms with Crippen LogP contribution in [0.25, 0.3) is 22.3 Å². The predicted molar refractivity (Wildman–Crippen MR) is 70.7 cm³/mol. The molecule has 90 valence electrons. The molecule has 0 fully saturated rings. The SMILES string of the molecule is Cc1ccc(-c2[nH]nc3nc(N)nc(N)c23)cc1. The van der Waals surface area contributed by atoms with E-state index in [-0.39, 0.29) is 5.95 Å². The Morgan fingerprint density at radius 3 is 2.50 bits per heavy atom. The number of aromatic nitrogens is 4. The molecule has 0 unspecified atom stereocenters. The third-order valence-electron chi connectivity index (χ3n) is 2.80. The van der Waals surface area contributed by atoms with E-state index >= 15 is 0 Å². The molecule has 0 aliphatic carbocycles. The summed E-state index contributed by atoms with van der Waals surface area (Å²) in [5.74, 6) is 0.462. The summed E-state index contributed by atoms with van der Waals surface area (Å²) in [6.45, 7) is 2.03. The van der Waals surface area contributed by atoms with Crippen LogP contribution in [0.4, 0.5) is 11.8 Å². The van der Waals surface area contributed by atoms with E-state index < -0.39 is 0 Å². The first-order chi connectivity index (χ1) is 8.65. The zero-order valence-electron chi connectivity index (χ0n) is 9.81. The number of nitrogens with one attached hydrogen (secondary N) is 1. The Kier molecular flexibility index (Phi) is 2.16. The van der Waals surface area contributed by atoms with E-state index in [4.69, 9.17) is 11.5 Å². The fourth-order valence-electron chi connectivity index (χ4n) is 1.90. The van der Waals surface area contributed by atoms with Crippen molar-refractivity contribution < 1.29 is 0 Å². The van der Waals surface area contributed by atoms with Crippen LogP contribution in [0.1, 0.15) is 5.56 Å². The third kappa shape index (κ3) is 1.55. The highest BCUT2D eigenvalue weighted by Crippen LogP contribution is 2.29. The number of nitrogens with two attached hydrogens (primary N) is 2. The Morgan fingerprint density at radius 1 is 1.06 bits per heavy atom. The highest BCUT2D eigenvalue weighted by Gasteiger charge is 2.13. The van der Waals surface area contributed by atoms with Gasteiger partial charge in [0, 0.05) is 5.56 Å². The van der Waals surface area contributed by atoms with Gasteiger partial charge in [0.25, 0.3) is 0 Å². The molecule has 0 atom stereocenters. The smallest absolute Gasteiger partial charge is 0.224 e. The number of anilines is 2. The molecule has 2 heterocycles. The Morgan fingerprint density at radius 2 is 1.78 bits per heavy atom. The first-order valence-electron chi connectivity index (χ1n) is 5.49. The number of hydrogen-bond acceptors (Lipinski definition) is 5. The average molecular weight is 240 g/mol. The van der Waals surface area contributed by atoms with E-state index in [2.05, 4.69) is 20.2 Å². The van der Waals surface area contributed by atoms with Gasteiger partial charge < -0.3 is 11.5 Å². The summed E-state index contributed by atoms with van der Waals surface area (Å²) in [6, 6.07) is 8.04. The maximum atomic E-state index is 5.88. The van der Waals surface area contributed by atoms with E-state index in [1.807, 2.05) is 31.2 Å². The van der Waals surface area contributed by atoms with Crippen molar-refractivity contribution in [1.29, 1.82) is 0 Å². The van der Waals surface area contributed by atoms with E-state index in [0.717, 1.165) is 11.3 Å². The average Bonchev–Trinajstić information content (AvgIpc) is 2.74. The molecule has 2 aromatic heterocycles. The van der Waals surface area contributed by atoms with Crippen LogP contribution in [0.15, 0.2) is 24.3 Å². The topological polar surface area (TPSA) is 106 Å². The fourth-order valence-corrected chi connectivity index (χ4v) is 1.90. The number of nitrogen functional groups attached to an aromatic ring is 2. The van der Waals surface area contributed by atoms with E-state index in [0.29, 0.717) is 16.9 Å². The van der Waals surface area contributed by atoms with Gasteiger partial charge >= 0.3 is 0 Å². The number of benzene rings is 1. The van der Waals surface area contributed by atoms with Gasteiger partial charge in [-0.3, -0.25) is 5.10 Å². The quantitative estimate of drug-likeness (QED) is 0.597. The molecule has 0 saturated carbocycles. The lowest BCUT2D eigenvalue weighted by molar-refractivity contribution is 1.10. The van der Waals surface area contributed by atoms with Crippen LogP contribution in [0.3, 0.4) is 0 Å². The molecule has 5 N–H and O–H groups in total. The standard InChI is InChI=1S/C12H12N6/c1-6-2-4-7(5-3-6)9-8-10(13)15-12(14)16-11(8)18-17-9/h2-5H,1H3,(H5,13,14,15,16,17,18). The maximum absolute atomic E-state index is 5.88. The Bertz CT molecular complexity index is 713. The summed E-state index contributed by atoms with van der Waals surface area (Å²) in [7, 11) is 0. The minimum Gasteiger partial charge on any atom is -0.383 e. The largest absolute Gasteiger partial charge is 0.383 e. The molecule has 3 aromatic rings. The van der Waals surface area contributed by atoms with Crippen molar-refractivity contribution in [3.63, 3.8) is 0 Å². The van der Waals surface area contributed by atoms with Gasteiger partial charge in [0.15, 0.2) is 5.65 Å². The number of aryl methyl sites for hydroxylation is 1. The van der Waals surface area contributed by atoms with E-state index in [1.54, 1.807) is 0 Å². The van der Waals surface area contributed by atoms with Crippen molar-refractivity contribution in [2.45, 2.75) is 6.92 Å². The second-order valence-corrected chi connectivity index (χ2v) is 4.13. The second kappa shape index (κ2) is 3.69. The van der Waals surface area contributed by atoms with Crippen molar-refractivity contribution in [3.05, 3.63) is 29.8 Å². The molecule has 18 heavy (non-hydrogen) atoms. The minimum atomic E-state index is 0.127. The highest BCUT2D eigenvalue weighted by atomic mass is 15.2. The molecule has 0 saturated heterocycles. The van der Waals surface area contributed by atoms with Gasteiger partial charge in [-0.2, -0.15) is 15.1 Å². The lowest BCUT2D eigenvalue weighted by Gasteiger charge is -2.01. The molecular weight excluding hydrogens is 228 g/mol. The minimum absolute atomic E-state index is 0.127. The van der Waals surface area contributed by atoms with Gasteiger partial charge in [-0.1, -0.05) is 29.8 Å². The first-order valence-corrected chi connectivity index (χ1v) is 5.49. The van der Waals surface area contributed by atoms with E-state index in [9.17, 15) is 0 Å². The number of nitrogens with zero attached hydrogens (tertiary/aromatic N) is 3. The van der Waals surface area contributed by atoms with Crippen molar-refractivity contribution >= 4 is 22.8 Å². The number of rotatable bonds is 1.